The highest BCUT2D eigenvalue weighted by atomic mass is 35.5. The van der Waals surface area contributed by atoms with Crippen LogP contribution >= 0.6 is 12.4 Å². The lowest BCUT2D eigenvalue weighted by Crippen LogP contribution is -2.48. The van der Waals surface area contributed by atoms with Gasteiger partial charge < -0.3 is 15.4 Å². The lowest BCUT2D eigenvalue weighted by Gasteiger charge is -2.30. The summed E-state index contributed by atoms with van der Waals surface area (Å²) < 4.78 is 5.53. The highest BCUT2D eigenvalue weighted by Gasteiger charge is 2.24. The van der Waals surface area contributed by atoms with E-state index < -0.39 is 0 Å². The molecule has 116 valence electrons. The Labute approximate surface area is 132 Å². The number of carbonyl (C=O) groups is 1. The SMILES string of the molecule is C=CCOc1ccccc1C(=O)NC1CCNCC1C.Cl. The molecular formula is C16H23ClN2O2. The molecule has 0 saturated carbocycles. The molecule has 0 spiro atoms. The quantitative estimate of drug-likeness (QED) is 0.821. The Morgan fingerprint density at radius 3 is 3.00 bits per heavy atom. The van der Waals surface area contributed by atoms with Gasteiger partial charge in [0.05, 0.1) is 5.56 Å². The van der Waals surface area contributed by atoms with Gasteiger partial charge in [-0.25, -0.2) is 0 Å². The number of amides is 1. The van der Waals surface area contributed by atoms with Gasteiger partial charge in [0.2, 0.25) is 0 Å². The Hall–Kier alpha value is -1.52. The molecule has 1 heterocycles. The van der Waals surface area contributed by atoms with Crippen LogP contribution in [0, 0.1) is 5.92 Å². The third-order valence-electron chi connectivity index (χ3n) is 3.59. The van der Waals surface area contributed by atoms with Crippen molar-refractivity contribution in [3.05, 3.63) is 42.5 Å². The summed E-state index contributed by atoms with van der Waals surface area (Å²) in [6.45, 7) is 8.06. The Balaban J connectivity index is 0.00000220. The van der Waals surface area contributed by atoms with Crippen LogP contribution in [-0.4, -0.2) is 31.6 Å². The molecule has 0 radical (unpaired) electrons. The van der Waals surface area contributed by atoms with E-state index in [0.29, 0.717) is 23.8 Å². The van der Waals surface area contributed by atoms with Crippen molar-refractivity contribution in [2.45, 2.75) is 19.4 Å². The number of benzene rings is 1. The second-order valence-electron chi connectivity index (χ2n) is 5.15. The standard InChI is InChI=1S/C16H22N2O2.ClH/c1-3-10-20-15-7-5-4-6-13(15)16(19)18-14-8-9-17-11-12(14)2;/h3-7,12,14,17H,1,8-11H2,2H3,(H,18,19);1H. The van der Waals surface area contributed by atoms with Crippen molar-refractivity contribution < 1.29 is 9.53 Å². The third-order valence-corrected chi connectivity index (χ3v) is 3.59. The number of hydrogen-bond donors (Lipinski definition) is 2. The largest absolute Gasteiger partial charge is 0.489 e. The molecule has 2 rings (SSSR count). The fourth-order valence-electron chi connectivity index (χ4n) is 2.40. The van der Waals surface area contributed by atoms with Gasteiger partial charge in [-0.05, 0) is 37.6 Å². The zero-order chi connectivity index (χ0) is 14.4. The molecule has 1 aliphatic heterocycles. The van der Waals surface area contributed by atoms with E-state index in [1.807, 2.05) is 18.2 Å². The van der Waals surface area contributed by atoms with Gasteiger partial charge in [0.1, 0.15) is 12.4 Å². The molecule has 1 saturated heterocycles. The van der Waals surface area contributed by atoms with E-state index in [1.165, 1.54) is 0 Å². The molecule has 21 heavy (non-hydrogen) atoms. The first-order valence-electron chi connectivity index (χ1n) is 7.06. The monoisotopic (exact) mass is 310 g/mol. The first-order valence-corrected chi connectivity index (χ1v) is 7.06. The molecule has 2 atom stereocenters. The van der Waals surface area contributed by atoms with Crippen LogP contribution in [0.2, 0.25) is 0 Å². The van der Waals surface area contributed by atoms with Gasteiger partial charge in [-0.2, -0.15) is 0 Å². The van der Waals surface area contributed by atoms with Crippen LogP contribution in [0.3, 0.4) is 0 Å². The summed E-state index contributed by atoms with van der Waals surface area (Å²) >= 11 is 0. The molecule has 1 aromatic carbocycles. The van der Waals surface area contributed by atoms with E-state index in [0.717, 1.165) is 19.5 Å². The first kappa shape index (κ1) is 17.5. The van der Waals surface area contributed by atoms with Gasteiger partial charge >= 0.3 is 0 Å². The van der Waals surface area contributed by atoms with E-state index in [9.17, 15) is 4.79 Å². The topological polar surface area (TPSA) is 50.4 Å². The van der Waals surface area contributed by atoms with Crippen LogP contribution in [0.4, 0.5) is 0 Å². The number of rotatable bonds is 5. The van der Waals surface area contributed by atoms with Gasteiger partial charge in [-0.15, -0.1) is 12.4 Å². The zero-order valence-corrected chi connectivity index (χ0v) is 13.1. The maximum absolute atomic E-state index is 12.4. The molecule has 4 nitrogen and oxygen atoms in total. The summed E-state index contributed by atoms with van der Waals surface area (Å²) in [4.78, 5) is 12.4. The normalized spacial score (nSPS) is 21.0. The van der Waals surface area contributed by atoms with Crippen molar-refractivity contribution in [3.63, 3.8) is 0 Å². The van der Waals surface area contributed by atoms with E-state index in [4.69, 9.17) is 4.74 Å². The molecule has 1 aromatic rings. The minimum absolute atomic E-state index is 0. The Morgan fingerprint density at radius 1 is 1.52 bits per heavy atom. The number of para-hydroxylation sites is 1. The predicted molar refractivity (Wildman–Crippen MR) is 87.3 cm³/mol. The summed E-state index contributed by atoms with van der Waals surface area (Å²) in [6.07, 6.45) is 2.63. The molecule has 1 fully saturated rings. The molecular weight excluding hydrogens is 288 g/mol. The lowest BCUT2D eigenvalue weighted by molar-refractivity contribution is 0.0910. The number of ether oxygens (including phenoxy) is 1. The number of carbonyl (C=O) groups excluding carboxylic acids is 1. The van der Waals surface area contributed by atoms with Gasteiger partial charge in [0, 0.05) is 6.04 Å². The van der Waals surface area contributed by atoms with Crippen molar-refractivity contribution in [3.8, 4) is 5.75 Å². The minimum Gasteiger partial charge on any atom is -0.489 e. The van der Waals surface area contributed by atoms with Crippen molar-refractivity contribution in [1.29, 1.82) is 0 Å². The summed E-state index contributed by atoms with van der Waals surface area (Å²) in [5.74, 6) is 0.976. The van der Waals surface area contributed by atoms with E-state index in [1.54, 1.807) is 12.1 Å². The number of halogens is 1. The highest BCUT2D eigenvalue weighted by Crippen LogP contribution is 2.19. The summed E-state index contributed by atoms with van der Waals surface area (Å²) in [5.41, 5.74) is 0.583. The Bertz CT molecular complexity index is 479. The zero-order valence-electron chi connectivity index (χ0n) is 12.3. The van der Waals surface area contributed by atoms with Crippen LogP contribution in [0.15, 0.2) is 36.9 Å². The number of nitrogens with one attached hydrogen (secondary N) is 2. The number of hydrogen-bond acceptors (Lipinski definition) is 3. The maximum atomic E-state index is 12.4. The highest BCUT2D eigenvalue weighted by molar-refractivity contribution is 5.97. The smallest absolute Gasteiger partial charge is 0.255 e. The van der Waals surface area contributed by atoms with E-state index >= 15 is 0 Å². The second-order valence-corrected chi connectivity index (χ2v) is 5.15. The van der Waals surface area contributed by atoms with Crippen molar-refractivity contribution in [1.82, 2.24) is 10.6 Å². The molecule has 1 aliphatic rings. The van der Waals surface area contributed by atoms with E-state index in [2.05, 4.69) is 24.1 Å². The van der Waals surface area contributed by atoms with Gasteiger partial charge in [-0.3, -0.25) is 4.79 Å². The summed E-state index contributed by atoms with van der Waals surface area (Å²) in [5, 5.41) is 6.45. The van der Waals surface area contributed by atoms with E-state index in [-0.39, 0.29) is 24.4 Å². The molecule has 0 aliphatic carbocycles. The van der Waals surface area contributed by atoms with Crippen molar-refractivity contribution in [2.75, 3.05) is 19.7 Å². The van der Waals surface area contributed by atoms with Gasteiger partial charge in [0.15, 0.2) is 0 Å². The molecule has 2 N–H and O–H groups in total. The fourth-order valence-corrected chi connectivity index (χ4v) is 2.40. The fraction of sp³-hybridized carbons (Fsp3) is 0.438. The third kappa shape index (κ3) is 4.76. The predicted octanol–water partition coefficient (Wildman–Crippen LogP) is 2.40. The average molecular weight is 311 g/mol. The summed E-state index contributed by atoms with van der Waals surface area (Å²) in [7, 11) is 0. The van der Waals surface area contributed by atoms with Crippen LogP contribution in [0.5, 0.6) is 5.75 Å². The van der Waals surface area contributed by atoms with Gasteiger partial charge in [-0.1, -0.05) is 31.7 Å². The first-order chi connectivity index (χ1) is 9.72. The lowest BCUT2D eigenvalue weighted by atomic mass is 9.95. The van der Waals surface area contributed by atoms with Crippen LogP contribution in [-0.2, 0) is 0 Å². The van der Waals surface area contributed by atoms with Crippen LogP contribution in [0.1, 0.15) is 23.7 Å². The maximum Gasteiger partial charge on any atom is 0.255 e. The second kappa shape index (κ2) is 8.70. The molecule has 5 heteroatoms. The van der Waals surface area contributed by atoms with Crippen molar-refractivity contribution >= 4 is 18.3 Å². The molecule has 0 aromatic heterocycles. The van der Waals surface area contributed by atoms with Crippen molar-refractivity contribution in [2.24, 2.45) is 5.92 Å². The van der Waals surface area contributed by atoms with Crippen LogP contribution in [0.25, 0.3) is 0 Å². The molecule has 1 amide bonds. The summed E-state index contributed by atoms with van der Waals surface area (Å²) in [6, 6.07) is 7.53. The average Bonchev–Trinajstić information content (AvgIpc) is 2.47. The van der Waals surface area contributed by atoms with Gasteiger partial charge in [0.25, 0.3) is 5.91 Å². The minimum atomic E-state index is -0.0663. The Morgan fingerprint density at radius 2 is 2.29 bits per heavy atom. The Kier molecular flexibility index (Phi) is 7.26. The van der Waals surface area contributed by atoms with Crippen LogP contribution < -0.4 is 15.4 Å². The molecule has 0 bridgehead atoms. The number of piperidine rings is 1. The molecule has 2 unspecified atom stereocenters.